The largest absolute Gasteiger partial charge is 0.466 e. The topological polar surface area (TPSA) is 38.3 Å². The number of carbonyl (C=O) groups is 1. The third kappa shape index (κ3) is 5.59. The van der Waals surface area contributed by atoms with E-state index in [9.17, 15) is 18.0 Å². The Morgan fingerprint density at radius 1 is 1.15 bits per heavy atom. The predicted molar refractivity (Wildman–Crippen MR) is 94.6 cm³/mol. The minimum Gasteiger partial charge on any atom is -0.466 e. The van der Waals surface area contributed by atoms with Crippen molar-refractivity contribution in [1.29, 1.82) is 0 Å². The minimum absolute atomic E-state index is 0.274. The highest BCUT2D eigenvalue weighted by molar-refractivity contribution is 5.69. The van der Waals surface area contributed by atoms with Crippen LogP contribution in [0.1, 0.15) is 30.5 Å². The standard InChI is InChI=1S/C20H22F3NO2/c1-3-24-13-17-12-18(20(21,22)23)7-8-19(17)16-6-4-5-15(11-16)9-10-26-14(2)25/h4-8,11-12,24H,3,9-10,13H2,1-2H3. The van der Waals surface area contributed by atoms with Gasteiger partial charge in [0.15, 0.2) is 0 Å². The van der Waals surface area contributed by atoms with Crippen LogP contribution in [0.2, 0.25) is 0 Å². The molecule has 2 rings (SSSR count). The number of hydrogen-bond donors (Lipinski definition) is 1. The van der Waals surface area contributed by atoms with Gasteiger partial charge >= 0.3 is 12.1 Å². The zero-order valence-electron chi connectivity index (χ0n) is 14.8. The number of carbonyl (C=O) groups excluding carboxylic acids is 1. The first kappa shape index (κ1) is 20.0. The quantitative estimate of drug-likeness (QED) is 0.730. The zero-order valence-corrected chi connectivity index (χ0v) is 14.8. The lowest BCUT2D eigenvalue weighted by Gasteiger charge is -2.15. The Labute approximate surface area is 151 Å². The number of halogens is 3. The van der Waals surface area contributed by atoms with Gasteiger partial charge in [-0.3, -0.25) is 4.79 Å². The van der Waals surface area contributed by atoms with Crippen LogP contribution in [0.4, 0.5) is 13.2 Å². The number of esters is 1. The Kier molecular flexibility index (Phi) is 6.80. The van der Waals surface area contributed by atoms with Crippen LogP contribution in [0, 0.1) is 0 Å². The summed E-state index contributed by atoms with van der Waals surface area (Å²) in [5, 5.41) is 3.09. The molecule has 0 fully saturated rings. The van der Waals surface area contributed by atoms with E-state index in [4.69, 9.17) is 4.74 Å². The van der Waals surface area contributed by atoms with Crippen LogP contribution in [0.3, 0.4) is 0 Å². The fourth-order valence-electron chi connectivity index (χ4n) is 2.66. The molecule has 0 spiro atoms. The SMILES string of the molecule is CCNCc1cc(C(F)(F)F)ccc1-c1cccc(CCOC(C)=O)c1. The third-order valence-corrected chi connectivity index (χ3v) is 3.93. The molecule has 0 bridgehead atoms. The first-order valence-corrected chi connectivity index (χ1v) is 8.44. The lowest BCUT2D eigenvalue weighted by atomic mass is 9.95. The number of ether oxygens (including phenoxy) is 1. The van der Waals surface area contributed by atoms with E-state index >= 15 is 0 Å². The Morgan fingerprint density at radius 2 is 1.92 bits per heavy atom. The number of rotatable bonds is 7. The highest BCUT2D eigenvalue weighted by atomic mass is 19.4. The Bertz CT molecular complexity index is 757. The molecule has 0 saturated heterocycles. The lowest BCUT2D eigenvalue weighted by Crippen LogP contribution is -2.14. The molecule has 0 unspecified atom stereocenters. The first-order chi connectivity index (χ1) is 12.3. The molecule has 0 saturated carbocycles. The molecular weight excluding hydrogens is 343 g/mol. The summed E-state index contributed by atoms with van der Waals surface area (Å²) in [5.41, 5.74) is 2.50. The summed E-state index contributed by atoms with van der Waals surface area (Å²) in [6, 6.07) is 11.4. The zero-order chi connectivity index (χ0) is 19.2. The van der Waals surface area contributed by atoms with Gasteiger partial charge in [0.2, 0.25) is 0 Å². The second kappa shape index (κ2) is 8.85. The summed E-state index contributed by atoms with van der Waals surface area (Å²) >= 11 is 0. The van der Waals surface area contributed by atoms with Gasteiger partial charge in [-0.2, -0.15) is 13.2 Å². The number of nitrogens with one attached hydrogen (secondary N) is 1. The molecule has 2 aromatic carbocycles. The summed E-state index contributed by atoms with van der Waals surface area (Å²) in [6.45, 7) is 4.55. The van der Waals surface area contributed by atoms with Gasteiger partial charge in [-0.25, -0.2) is 0 Å². The van der Waals surface area contributed by atoms with Gasteiger partial charge in [0.05, 0.1) is 12.2 Å². The van der Waals surface area contributed by atoms with Crippen molar-refractivity contribution in [3.63, 3.8) is 0 Å². The second-order valence-corrected chi connectivity index (χ2v) is 5.94. The molecule has 0 radical (unpaired) electrons. The van der Waals surface area contributed by atoms with Crippen molar-refractivity contribution in [2.45, 2.75) is 33.0 Å². The molecule has 0 aromatic heterocycles. The third-order valence-electron chi connectivity index (χ3n) is 3.93. The van der Waals surface area contributed by atoms with Gasteiger partial charge in [-0.15, -0.1) is 0 Å². The predicted octanol–water partition coefficient (Wildman–Crippen LogP) is 4.59. The van der Waals surface area contributed by atoms with E-state index in [0.717, 1.165) is 22.8 Å². The first-order valence-electron chi connectivity index (χ1n) is 8.44. The Morgan fingerprint density at radius 3 is 2.58 bits per heavy atom. The van der Waals surface area contributed by atoms with Crippen LogP contribution in [0.15, 0.2) is 42.5 Å². The van der Waals surface area contributed by atoms with E-state index in [-0.39, 0.29) is 12.6 Å². The molecule has 0 atom stereocenters. The van der Waals surface area contributed by atoms with Gasteiger partial charge in [-0.1, -0.05) is 37.3 Å². The van der Waals surface area contributed by atoms with Crippen LogP contribution in [-0.4, -0.2) is 19.1 Å². The van der Waals surface area contributed by atoms with E-state index in [1.165, 1.54) is 19.1 Å². The van der Waals surface area contributed by atoms with Crippen LogP contribution in [0.25, 0.3) is 11.1 Å². The van der Waals surface area contributed by atoms with Crippen LogP contribution in [0.5, 0.6) is 0 Å². The molecule has 0 aliphatic rings. The Balaban J connectivity index is 2.32. The normalized spacial score (nSPS) is 11.4. The van der Waals surface area contributed by atoms with Crippen LogP contribution >= 0.6 is 0 Å². The van der Waals surface area contributed by atoms with Crippen LogP contribution in [-0.2, 0) is 28.7 Å². The minimum atomic E-state index is -4.37. The molecule has 1 N–H and O–H groups in total. The molecule has 140 valence electrons. The number of alkyl halides is 3. The molecule has 0 amide bonds. The maximum Gasteiger partial charge on any atom is 0.416 e. The molecule has 0 aliphatic heterocycles. The Hall–Kier alpha value is -2.34. The maximum atomic E-state index is 13.0. The van der Waals surface area contributed by atoms with E-state index in [1.807, 2.05) is 31.2 Å². The molecular formula is C20H22F3NO2. The van der Waals surface area contributed by atoms with Crippen molar-refractivity contribution in [2.24, 2.45) is 0 Å². The molecule has 2 aromatic rings. The lowest BCUT2D eigenvalue weighted by molar-refractivity contribution is -0.141. The van der Waals surface area contributed by atoms with E-state index < -0.39 is 11.7 Å². The second-order valence-electron chi connectivity index (χ2n) is 5.94. The van der Waals surface area contributed by atoms with Crippen molar-refractivity contribution < 1.29 is 22.7 Å². The fraction of sp³-hybridized carbons (Fsp3) is 0.350. The van der Waals surface area contributed by atoms with Crippen molar-refractivity contribution >= 4 is 5.97 Å². The highest BCUT2D eigenvalue weighted by Gasteiger charge is 2.31. The highest BCUT2D eigenvalue weighted by Crippen LogP contribution is 2.33. The van der Waals surface area contributed by atoms with Gasteiger partial charge < -0.3 is 10.1 Å². The molecule has 6 heteroatoms. The summed E-state index contributed by atoms with van der Waals surface area (Å²) < 4.78 is 44.0. The molecule has 0 aliphatic carbocycles. The van der Waals surface area contributed by atoms with E-state index in [1.54, 1.807) is 0 Å². The summed E-state index contributed by atoms with van der Waals surface area (Å²) in [6.07, 6.45) is -3.82. The van der Waals surface area contributed by atoms with Crippen molar-refractivity contribution in [1.82, 2.24) is 5.32 Å². The van der Waals surface area contributed by atoms with Gasteiger partial charge in [0, 0.05) is 19.9 Å². The van der Waals surface area contributed by atoms with E-state index in [2.05, 4.69) is 5.32 Å². The van der Waals surface area contributed by atoms with Gasteiger partial charge in [0.1, 0.15) is 0 Å². The summed E-state index contributed by atoms with van der Waals surface area (Å²) in [4.78, 5) is 10.9. The monoisotopic (exact) mass is 365 g/mol. The fourth-order valence-corrected chi connectivity index (χ4v) is 2.66. The van der Waals surface area contributed by atoms with Crippen molar-refractivity contribution in [2.75, 3.05) is 13.2 Å². The summed E-state index contributed by atoms with van der Waals surface area (Å²) in [5.74, 6) is -0.336. The molecule has 26 heavy (non-hydrogen) atoms. The van der Waals surface area contributed by atoms with E-state index in [0.29, 0.717) is 25.1 Å². The number of hydrogen-bond acceptors (Lipinski definition) is 3. The molecule has 3 nitrogen and oxygen atoms in total. The average Bonchev–Trinajstić information content (AvgIpc) is 2.59. The summed E-state index contributed by atoms with van der Waals surface area (Å²) in [7, 11) is 0. The van der Waals surface area contributed by atoms with Gasteiger partial charge in [-0.05, 0) is 40.9 Å². The van der Waals surface area contributed by atoms with Crippen LogP contribution < -0.4 is 5.32 Å². The number of benzene rings is 2. The maximum absolute atomic E-state index is 13.0. The van der Waals surface area contributed by atoms with Crippen molar-refractivity contribution in [3.8, 4) is 11.1 Å². The van der Waals surface area contributed by atoms with Gasteiger partial charge in [0.25, 0.3) is 0 Å². The van der Waals surface area contributed by atoms with Crippen molar-refractivity contribution in [3.05, 3.63) is 59.2 Å². The smallest absolute Gasteiger partial charge is 0.416 e. The average molecular weight is 365 g/mol. The molecule has 0 heterocycles.